The average molecular weight is 349 g/mol. The molecule has 6 heteroatoms. The third-order valence-electron chi connectivity index (χ3n) is 3.39. The van der Waals surface area contributed by atoms with Gasteiger partial charge in [-0.1, -0.05) is 21.1 Å². The predicted molar refractivity (Wildman–Crippen MR) is 81.1 cm³/mol. The van der Waals surface area contributed by atoms with E-state index in [4.69, 9.17) is 9.26 Å². The van der Waals surface area contributed by atoms with E-state index < -0.39 is 0 Å². The topological polar surface area (TPSA) is 68.1 Å². The Labute approximate surface area is 129 Å². The van der Waals surface area contributed by atoms with E-state index in [0.717, 1.165) is 26.6 Å². The van der Waals surface area contributed by atoms with Crippen LogP contribution >= 0.6 is 15.9 Å². The number of nitrogens with one attached hydrogen (secondary N) is 1. The van der Waals surface area contributed by atoms with Crippen molar-refractivity contribution in [1.29, 1.82) is 0 Å². The number of hydrogen-bond acceptors (Lipinski definition) is 4. The van der Waals surface area contributed by atoms with Gasteiger partial charge in [0.2, 0.25) is 0 Å². The summed E-state index contributed by atoms with van der Waals surface area (Å²) >= 11 is 3.40. The number of fused-ring (bicyclic) bond motifs is 1. The minimum Gasteiger partial charge on any atom is -0.457 e. The number of rotatable bonds is 3. The summed E-state index contributed by atoms with van der Waals surface area (Å²) in [5, 5.41) is 4.67. The summed E-state index contributed by atoms with van der Waals surface area (Å²) in [5.41, 5.74) is 2.95. The first-order valence-corrected chi connectivity index (χ1v) is 7.21. The molecule has 3 rings (SSSR count). The zero-order chi connectivity index (χ0) is 15.0. The standard InChI is InChI=1S/C15H13BrN2O3/c1-8-13(9(2)21-18-8)7-20-15(19)12-6-17-14-4-3-10(16)5-11(12)14/h3-6,17H,7H2,1-2H3. The van der Waals surface area contributed by atoms with E-state index in [0.29, 0.717) is 11.3 Å². The molecular formula is C15H13BrN2O3. The molecule has 21 heavy (non-hydrogen) atoms. The Morgan fingerprint density at radius 2 is 2.24 bits per heavy atom. The predicted octanol–water partition coefficient (Wildman–Crippen LogP) is 3.89. The fraction of sp³-hybridized carbons (Fsp3) is 0.200. The summed E-state index contributed by atoms with van der Waals surface area (Å²) in [6.45, 7) is 3.77. The van der Waals surface area contributed by atoms with Gasteiger partial charge in [-0.2, -0.15) is 0 Å². The highest BCUT2D eigenvalue weighted by Crippen LogP contribution is 2.24. The van der Waals surface area contributed by atoms with Crippen LogP contribution in [0.5, 0.6) is 0 Å². The number of benzene rings is 1. The first kappa shape index (κ1) is 13.9. The van der Waals surface area contributed by atoms with Gasteiger partial charge in [-0.3, -0.25) is 0 Å². The van der Waals surface area contributed by atoms with E-state index in [-0.39, 0.29) is 12.6 Å². The Bertz CT molecular complexity index is 800. The fourth-order valence-corrected chi connectivity index (χ4v) is 2.55. The quantitative estimate of drug-likeness (QED) is 0.729. The van der Waals surface area contributed by atoms with Crippen LogP contribution in [-0.2, 0) is 11.3 Å². The van der Waals surface area contributed by atoms with E-state index >= 15 is 0 Å². The summed E-state index contributed by atoms with van der Waals surface area (Å²) in [5.74, 6) is 0.293. The van der Waals surface area contributed by atoms with Crippen LogP contribution in [0.3, 0.4) is 0 Å². The van der Waals surface area contributed by atoms with Crippen molar-refractivity contribution in [3.63, 3.8) is 0 Å². The highest BCUT2D eigenvalue weighted by molar-refractivity contribution is 9.10. The number of carbonyl (C=O) groups excluding carboxylic acids is 1. The molecule has 0 aliphatic heterocycles. The number of aromatic nitrogens is 2. The molecule has 0 unspecified atom stereocenters. The SMILES string of the molecule is Cc1noc(C)c1COC(=O)c1c[nH]c2ccc(Br)cc12. The van der Waals surface area contributed by atoms with E-state index in [1.54, 1.807) is 13.1 Å². The van der Waals surface area contributed by atoms with Crippen LogP contribution in [0.2, 0.25) is 0 Å². The summed E-state index contributed by atoms with van der Waals surface area (Å²) in [6.07, 6.45) is 1.66. The number of carbonyl (C=O) groups is 1. The maximum Gasteiger partial charge on any atom is 0.340 e. The molecule has 0 amide bonds. The van der Waals surface area contributed by atoms with E-state index in [9.17, 15) is 4.79 Å². The molecule has 0 atom stereocenters. The van der Waals surface area contributed by atoms with Gasteiger partial charge < -0.3 is 14.2 Å². The van der Waals surface area contributed by atoms with Crippen LogP contribution < -0.4 is 0 Å². The van der Waals surface area contributed by atoms with Crippen LogP contribution in [-0.4, -0.2) is 16.1 Å². The largest absolute Gasteiger partial charge is 0.457 e. The van der Waals surface area contributed by atoms with Crippen LogP contribution in [0.25, 0.3) is 10.9 Å². The first-order valence-electron chi connectivity index (χ1n) is 6.42. The molecular weight excluding hydrogens is 336 g/mol. The molecule has 0 aliphatic rings. The Balaban J connectivity index is 1.83. The van der Waals surface area contributed by atoms with Gasteiger partial charge in [0, 0.05) is 21.6 Å². The molecule has 108 valence electrons. The third-order valence-corrected chi connectivity index (χ3v) is 3.89. The summed E-state index contributed by atoms with van der Waals surface area (Å²) in [6, 6.07) is 5.71. The number of hydrogen-bond donors (Lipinski definition) is 1. The van der Waals surface area contributed by atoms with Gasteiger partial charge in [0.1, 0.15) is 12.4 Å². The Kier molecular flexibility index (Phi) is 3.55. The van der Waals surface area contributed by atoms with Crippen molar-refractivity contribution in [2.45, 2.75) is 20.5 Å². The Hall–Kier alpha value is -2.08. The van der Waals surface area contributed by atoms with Gasteiger partial charge >= 0.3 is 5.97 Å². The number of aromatic amines is 1. The van der Waals surface area contributed by atoms with Crippen LogP contribution in [0.4, 0.5) is 0 Å². The molecule has 0 saturated carbocycles. The molecule has 5 nitrogen and oxygen atoms in total. The minimum atomic E-state index is -0.376. The minimum absolute atomic E-state index is 0.153. The second kappa shape index (κ2) is 5.37. The van der Waals surface area contributed by atoms with Crippen molar-refractivity contribution in [2.75, 3.05) is 0 Å². The van der Waals surface area contributed by atoms with Gasteiger partial charge in [-0.25, -0.2) is 4.79 Å². The second-order valence-electron chi connectivity index (χ2n) is 4.77. The van der Waals surface area contributed by atoms with Crippen LogP contribution in [0.1, 0.15) is 27.4 Å². The maximum atomic E-state index is 12.2. The van der Waals surface area contributed by atoms with Crippen molar-refractivity contribution >= 4 is 32.8 Å². The summed E-state index contributed by atoms with van der Waals surface area (Å²) < 4.78 is 11.3. The number of nitrogens with zero attached hydrogens (tertiary/aromatic N) is 1. The van der Waals surface area contributed by atoms with Crippen LogP contribution in [0.15, 0.2) is 33.4 Å². The van der Waals surface area contributed by atoms with Gasteiger partial charge in [-0.05, 0) is 32.0 Å². The first-order chi connectivity index (χ1) is 10.1. The second-order valence-corrected chi connectivity index (χ2v) is 5.69. The molecule has 0 fully saturated rings. The molecule has 0 spiro atoms. The van der Waals surface area contributed by atoms with E-state index in [2.05, 4.69) is 26.1 Å². The normalized spacial score (nSPS) is 11.0. The van der Waals surface area contributed by atoms with Gasteiger partial charge in [-0.15, -0.1) is 0 Å². The molecule has 2 heterocycles. The number of aryl methyl sites for hydroxylation is 2. The van der Waals surface area contributed by atoms with E-state index in [1.807, 2.05) is 25.1 Å². The summed E-state index contributed by atoms with van der Waals surface area (Å²) in [7, 11) is 0. The molecule has 0 aliphatic carbocycles. The smallest absolute Gasteiger partial charge is 0.340 e. The molecule has 1 N–H and O–H groups in total. The number of H-pyrrole nitrogens is 1. The number of esters is 1. The van der Waals surface area contributed by atoms with Crippen molar-refractivity contribution < 1.29 is 14.1 Å². The number of ether oxygens (including phenoxy) is 1. The lowest BCUT2D eigenvalue weighted by atomic mass is 10.2. The zero-order valence-corrected chi connectivity index (χ0v) is 13.2. The van der Waals surface area contributed by atoms with Gasteiger partial charge in [0.05, 0.1) is 16.8 Å². The van der Waals surface area contributed by atoms with Crippen molar-refractivity contribution in [3.05, 3.63) is 51.4 Å². The molecule has 1 aromatic carbocycles. The molecule has 3 aromatic rings. The zero-order valence-electron chi connectivity index (χ0n) is 11.6. The van der Waals surface area contributed by atoms with Crippen molar-refractivity contribution in [2.24, 2.45) is 0 Å². The fourth-order valence-electron chi connectivity index (χ4n) is 2.19. The lowest BCUT2D eigenvalue weighted by Gasteiger charge is -2.03. The highest BCUT2D eigenvalue weighted by atomic mass is 79.9. The molecule has 0 bridgehead atoms. The Morgan fingerprint density at radius 1 is 1.43 bits per heavy atom. The monoisotopic (exact) mass is 348 g/mol. The third kappa shape index (κ3) is 2.58. The van der Waals surface area contributed by atoms with Crippen molar-refractivity contribution in [3.8, 4) is 0 Å². The van der Waals surface area contributed by atoms with Crippen molar-refractivity contribution in [1.82, 2.24) is 10.1 Å². The van der Waals surface area contributed by atoms with Gasteiger partial charge in [0.15, 0.2) is 0 Å². The average Bonchev–Trinajstić information content (AvgIpc) is 3.00. The lowest BCUT2D eigenvalue weighted by Crippen LogP contribution is -2.05. The maximum absolute atomic E-state index is 12.2. The van der Waals surface area contributed by atoms with Gasteiger partial charge in [0.25, 0.3) is 0 Å². The molecule has 2 aromatic heterocycles. The molecule has 0 radical (unpaired) electrons. The highest BCUT2D eigenvalue weighted by Gasteiger charge is 2.16. The number of halogens is 1. The van der Waals surface area contributed by atoms with Crippen LogP contribution in [0, 0.1) is 13.8 Å². The lowest BCUT2D eigenvalue weighted by molar-refractivity contribution is 0.0473. The summed E-state index contributed by atoms with van der Waals surface area (Å²) in [4.78, 5) is 15.3. The van der Waals surface area contributed by atoms with E-state index in [1.165, 1.54) is 0 Å². The Morgan fingerprint density at radius 3 is 2.95 bits per heavy atom. The molecule has 0 saturated heterocycles.